The molecule has 45 heavy (non-hydrogen) atoms. The van der Waals surface area contributed by atoms with E-state index in [4.69, 9.17) is 14.2 Å². The summed E-state index contributed by atoms with van der Waals surface area (Å²) in [5.41, 5.74) is 2.42. The van der Waals surface area contributed by atoms with E-state index in [0.717, 1.165) is 18.5 Å². The number of ether oxygens (including phenoxy) is 3. The topological polar surface area (TPSA) is 109 Å². The van der Waals surface area contributed by atoms with Gasteiger partial charge in [0.25, 0.3) is 11.8 Å². The molecule has 2 fully saturated rings. The van der Waals surface area contributed by atoms with Gasteiger partial charge >= 0.3 is 0 Å². The molecule has 6 rings (SSSR count). The van der Waals surface area contributed by atoms with E-state index < -0.39 is 18.0 Å². The molecule has 3 aliphatic heterocycles. The van der Waals surface area contributed by atoms with E-state index in [9.17, 15) is 18.8 Å². The quantitative estimate of drug-likeness (QED) is 0.463. The Balaban J connectivity index is 1.31. The van der Waals surface area contributed by atoms with Crippen LogP contribution in [0.3, 0.4) is 0 Å². The summed E-state index contributed by atoms with van der Waals surface area (Å²) in [6.45, 7) is 3.14. The van der Waals surface area contributed by atoms with Crippen LogP contribution in [0.2, 0.25) is 0 Å². The highest BCUT2D eigenvalue weighted by atomic mass is 19.1. The number of hydrogen-bond acceptors (Lipinski definition) is 7. The van der Waals surface area contributed by atoms with Crippen molar-refractivity contribution in [1.82, 2.24) is 20.4 Å². The van der Waals surface area contributed by atoms with Crippen LogP contribution in [0.15, 0.2) is 60.7 Å². The number of hydrogen-bond donors (Lipinski definition) is 2. The summed E-state index contributed by atoms with van der Waals surface area (Å²) >= 11 is 0. The fourth-order valence-electron chi connectivity index (χ4n) is 6.13. The van der Waals surface area contributed by atoms with Crippen molar-refractivity contribution in [2.75, 3.05) is 46.4 Å². The second kappa shape index (κ2) is 13.6. The Bertz CT molecular complexity index is 1580. The third-order valence-corrected chi connectivity index (χ3v) is 8.49. The molecule has 0 aliphatic carbocycles. The average molecular weight is 617 g/mol. The Morgan fingerprint density at radius 3 is 2.69 bits per heavy atom. The van der Waals surface area contributed by atoms with Crippen molar-refractivity contribution in [3.8, 4) is 28.4 Å². The molecule has 2 atom stereocenters. The zero-order valence-electron chi connectivity index (χ0n) is 25.2. The standard InChI is InChI=1S/C34H37FN4O6/c1-43-30-8-7-24-17-28(30)23-4-2-5-26(16-23)44-21-32(40)36-19-22-14-25(35)18-27(15-22)45-31-9-11-38(20-29(31)37-34(24)42)12-13-39-10-3-6-33(39)41/h2,4-5,7-8,14-18,29,31H,3,6,9-13,19-21H2,1H3,(H,36,40)(H,37,42)/t29-,31-/m1/s1. The van der Waals surface area contributed by atoms with E-state index in [1.165, 1.54) is 12.1 Å². The minimum Gasteiger partial charge on any atom is -0.496 e. The number of methoxy groups -OCH3 is 1. The first kappa shape index (κ1) is 30.4. The lowest BCUT2D eigenvalue weighted by Gasteiger charge is -2.39. The van der Waals surface area contributed by atoms with E-state index >= 15 is 0 Å². The Morgan fingerprint density at radius 2 is 1.87 bits per heavy atom. The van der Waals surface area contributed by atoms with Crippen LogP contribution in [0.5, 0.6) is 17.2 Å². The molecule has 3 aromatic carbocycles. The zero-order chi connectivity index (χ0) is 31.3. The molecule has 2 N–H and O–H groups in total. The molecular formula is C34H37FN4O6. The largest absolute Gasteiger partial charge is 0.496 e. The Hall–Kier alpha value is -4.64. The highest BCUT2D eigenvalue weighted by molar-refractivity contribution is 5.96. The predicted molar refractivity (Wildman–Crippen MR) is 165 cm³/mol. The normalized spacial score (nSPS) is 20.8. The van der Waals surface area contributed by atoms with E-state index in [2.05, 4.69) is 15.5 Å². The Labute approximate surface area is 261 Å². The number of nitrogens with one attached hydrogen (secondary N) is 2. The average Bonchev–Trinajstić information content (AvgIpc) is 3.46. The van der Waals surface area contributed by atoms with Gasteiger partial charge in [-0.2, -0.15) is 0 Å². The van der Waals surface area contributed by atoms with Gasteiger partial charge < -0.3 is 29.7 Å². The first-order valence-electron chi connectivity index (χ1n) is 15.3. The Morgan fingerprint density at radius 1 is 0.978 bits per heavy atom. The maximum atomic E-state index is 14.7. The molecule has 3 amide bonds. The van der Waals surface area contributed by atoms with Crippen LogP contribution in [-0.4, -0.2) is 86.1 Å². The van der Waals surface area contributed by atoms with Gasteiger partial charge in [0, 0.05) is 62.9 Å². The number of carbonyl (C=O) groups is 3. The molecular weight excluding hydrogens is 579 g/mol. The van der Waals surface area contributed by atoms with Crippen molar-refractivity contribution in [1.29, 1.82) is 0 Å². The second-order valence-corrected chi connectivity index (χ2v) is 11.6. The number of likely N-dealkylation sites (tertiary alicyclic amines) is 2. The highest BCUT2D eigenvalue weighted by Gasteiger charge is 2.33. The van der Waals surface area contributed by atoms with Gasteiger partial charge in [-0.3, -0.25) is 19.3 Å². The molecule has 0 aromatic heterocycles. The van der Waals surface area contributed by atoms with Gasteiger partial charge in [-0.15, -0.1) is 0 Å². The van der Waals surface area contributed by atoms with Gasteiger partial charge in [0.05, 0.1) is 13.2 Å². The van der Waals surface area contributed by atoms with E-state index in [1.54, 1.807) is 49.6 Å². The number of carbonyl (C=O) groups excluding carboxylic acids is 3. The van der Waals surface area contributed by atoms with Gasteiger partial charge in [-0.05, 0) is 66.4 Å². The Kier molecular flexibility index (Phi) is 9.16. The van der Waals surface area contributed by atoms with Crippen molar-refractivity contribution in [2.24, 2.45) is 0 Å². The third kappa shape index (κ3) is 7.37. The summed E-state index contributed by atoms with van der Waals surface area (Å²) in [6, 6.07) is 16.4. The van der Waals surface area contributed by atoms with Crippen molar-refractivity contribution >= 4 is 17.7 Å². The first-order chi connectivity index (χ1) is 21.8. The predicted octanol–water partition coefficient (Wildman–Crippen LogP) is 3.38. The van der Waals surface area contributed by atoms with Crippen molar-refractivity contribution in [2.45, 2.75) is 38.0 Å². The minimum atomic E-state index is -0.491. The van der Waals surface area contributed by atoms with Crippen molar-refractivity contribution in [3.63, 3.8) is 0 Å². The molecule has 11 heteroatoms. The number of nitrogens with zero attached hydrogens (tertiary/aromatic N) is 2. The van der Waals surface area contributed by atoms with Gasteiger partial charge in [0.2, 0.25) is 5.91 Å². The lowest BCUT2D eigenvalue weighted by atomic mass is 9.99. The number of amides is 3. The van der Waals surface area contributed by atoms with Gasteiger partial charge in [0.15, 0.2) is 6.61 Å². The molecule has 3 aliphatic rings. The summed E-state index contributed by atoms with van der Waals surface area (Å²) in [5.74, 6) is 0.414. The van der Waals surface area contributed by atoms with Crippen LogP contribution >= 0.6 is 0 Å². The molecule has 3 aromatic rings. The third-order valence-electron chi connectivity index (χ3n) is 8.49. The number of piperidine rings is 1. The molecule has 10 nitrogen and oxygen atoms in total. The molecule has 6 bridgehead atoms. The minimum absolute atomic E-state index is 0.0905. The summed E-state index contributed by atoms with van der Waals surface area (Å²) in [5, 5.41) is 5.95. The van der Waals surface area contributed by atoms with Gasteiger partial charge in [-0.25, -0.2) is 4.39 Å². The summed E-state index contributed by atoms with van der Waals surface area (Å²) in [7, 11) is 1.57. The van der Waals surface area contributed by atoms with Crippen LogP contribution in [0, 0.1) is 5.82 Å². The fourth-order valence-corrected chi connectivity index (χ4v) is 6.13. The van der Waals surface area contributed by atoms with E-state index in [1.807, 2.05) is 11.0 Å². The molecule has 0 saturated carbocycles. The van der Waals surface area contributed by atoms with Crippen LogP contribution < -0.4 is 24.8 Å². The van der Waals surface area contributed by atoms with Crippen LogP contribution in [0.25, 0.3) is 11.1 Å². The van der Waals surface area contributed by atoms with Gasteiger partial charge in [0.1, 0.15) is 29.2 Å². The molecule has 3 heterocycles. The number of halogens is 1. The first-order valence-corrected chi connectivity index (χ1v) is 15.3. The molecule has 0 unspecified atom stereocenters. The number of benzene rings is 3. The molecule has 0 spiro atoms. The molecule has 0 radical (unpaired) electrons. The van der Waals surface area contributed by atoms with Crippen molar-refractivity contribution < 1.29 is 33.0 Å². The zero-order valence-corrected chi connectivity index (χ0v) is 25.2. The number of fused-ring (bicyclic) bond motifs is 8. The second-order valence-electron chi connectivity index (χ2n) is 11.6. The maximum Gasteiger partial charge on any atom is 0.258 e. The van der Waals surface area contributed by atoms with Crippen LogP contribution in [-0.2, 0) is 16.1 Å². The fraction of sp³-hybridized carbons (Fsp3) is 0.382. The number of rotatable bonds is 4. The molecule has 236 valence electrons. The summed E-state index contributed by atoms with van der Waals surface area (Å²) in [6.07, 6.45) is 1.62. The van der Waals surface area contributed by atoms with Crippen LogP contribution in [0.1, 0.15) is 35.2 Å². The van der Waals surface area contributed by atoms with E-state index in [-0.39, 0.29) is 30.9 Å². The maximum absolute atomic E-state index is 14.7. The lowest BCUT2D eigenvalue weighted by Crippen LogP contribution is -2.57. The van der Waals surface area contributed by atoms with E-state index in [0.29, 0.717) is 73.0 Å². The molecule has 2 saturated heterocycles. The summed E-state index contributed by atoms with van der Waals surface area (Å²) < 4.78 is 32.4. The SMILES string of the molecule is COc1ccc2cc1-c1cccc(c1)OCC(=O)NCc1cc(F)cc(c1)O[C@@H]1CCN(CCN3CCCC3=O)C[C@H]1NC2=O. The van der Waals surface area contributed by atoms with Crippen LogP contribution in [0.4, 0.5) is 4.39 Å². The smallest absolute Gasteiger partial charge is 0.258 e. The highest BCUT2D eigenvalue weighted by Crippen LogP contribution is 2.33. The van der Waals surface area contributed by atoms with Gasteiger partial charge in [-0.1, -0.05) is 12.1 Å². The van der Waals surface area contributed by atoms with Crippen molar-refractivity contribution in [3.05, 3.63) is 77.6 Å². The monoisotopic (exact) mass is 616 g/mol. The lowest BCUT2D eigenvalue weighted by molar-refractivity contribution is -0.128. The summed E-state index contributed by atoms with van der Waals surface area (Å²) in [4.78, 5) is 42.6.